The Balaban J connectivity index is 1.81. The summed E-state index contributed by atoms with van der Waals surface area (Å²) in [6.45, 7) is 3.81. The Morgan fingerprint density at radius 2 is 1.49 bits per heavy atom. The first-order chi connectivity index (χ1) is 19.7. The van der Waals surface area contributed by atoms with Gasteiger partial charge in [0, 0.05) is 46.6 Å². The number of nitrogens with zero attached hydrogens (tertiary/aromatic N) is 1. The largest absolute Gasteiger partial charge is 0.481 e. The van der Waals surface area contributed by atoms with Crippen LogP contribution in [-0.4, -0.2) is 68.4 Å². The SMILES string of the molecule is COC(=O)C1=C(CCc2ccccc2CN2CCOCC2)NC(CC(=O)O)=C(C(=O)OC)C1c1c(Cl)cccc1Cl. The number of carboxylic acid groups (broad SMARTS) is 1. The molecule has 2 aliphatic heterocycles. The normalized spacial score (nSPS) is 17.7. The van der Waals surface area contributed by atoms with Gasteiger partial charge >= 0.3 is 17.9 Å². The van der Waals surface area contributed by atoms with E-state index in [0.29, 0.717) is 31.8 Å². The first-order valence-corrected chi connectivity index (χ1v) is 13.9. The number of aryl methyl sites for hydroxylation is 1. The number of rotatable bonds is 10. The molecular formula is C30H32Cl2N2O7. The van der Waals surface area contributed by atoms with Crippen molar-refractivity contribution in [3.8, 4) is 0 Å². The van der Waals surface area contributed by atoms with E-state index in [4.69, 9.17) is 37.4 Å². The number of morpholine rings is 1. The number of carboxylic acids is 1. The van der Waals surface area contributed by atoms with Crippen LogP contribution in [0, 0.1) is 0 Å². The quantitative estimate of drug-likeness (QED) is 0.380. The smallest absolute Gasteiger partial charge is 0.336 e. The lowest BCUT2D eigenvalue weighted by Crippen LogP contribution is -2.36. The standard InChI is InChI=1S/C30H32Cl2N2O7/c1-39-29(37)26-22(11-10-18-6-3-4-7-19(18)17-34-12-14-41-15-13-34)33-23(16-24(35)36)27(30(38)40-2)28(26)25-20(31)8-5-9-21(25)32/h3-9,28,33H,10-17H2,1-2H3,(H,35,36). The summed E-state index contributed by atoms with van der Waals surface area (Å²) in [5, 5.41) is 13.2. The zero-order valence-electron chi connectivity index (χ0n) is 22.9. The Morgan fingerprint density at radius 3 is 2.07 bits per heavy atom. The van der Waals surface area contributed by atoms with Crippen LogP contribution in [0.4, 0.5) is 0 Å². The molecule has 0 aliphatic carbocycles. The van der Waals surface area contributed by atoms with Crippen molar-refractivity contribution in [2.75, 3.05) is 40.5 Å². The third-order valence-electron chi connectivity index (χ3n) is 7.22. The number of methoxy groups -OCH3 is 2. The van der Waals surface area contributed by atoms with Crippen LogP contribution in [0.25, 0.3) is 0 Å². The molecule has 0 radical (unpaired) electrons. The Kier molecular flexibility index (Phi) is 10.4. The second-order valence-electron chi connectivity index (χ2n) is 9.69. The van der Waals surface area contributed by atoms with Crippen LogP contribution in [0.2, 0.25) is 10.0 Å². The van der Waals surface area contributed by atoms with Gasteiger partial charge in [0.05, 0.1) is 50.9 Å². The Morgan fingerprint density at radius 1 is 0.902 bits per heavy atom. The van der Waals surface area contributed by atoms with Crippen LogP contribution in [0.1, 0.15) is 35.4 Å². The number of allylic oxidation sites excluding steroid dienone is 1. The summed E-state index contributed by atoms with van der Waals surface area (Å²) in [6.07, 6.45) is 0.329. The highest BCUT2D eigenvalue weighted by Crippen LogP contribution is 2.45. The predicted octanol–water partition coefficient (Wildman–Crippen LogP) is 4.47. The van der Waals surface area contributed by atoms with E-state index >= 15 is 0 Å². The van der Waals surface area contributed by atoms with Crippen molar-refractivity contribution in [2.24, 2.45) is 0 Å². The van der Waals surface area contributed by atoms with Gasteiger partial charge in [-0.05, 0) is 36.1 Å². The molecule has 41 heavy (non-hydrogen) atoms. The summed E-state index contributed by atoms with van der Waals surface area (Å²) < 4.78 is 15.7. The maximum absolute atomic E-state index is 13.4. The topological polar surface area (TPSA) is 114 Å². The Bertz CT molecular complexity index is 1360. The molecular weight excluding hydrogens is 571 g/mol. The molecule has 4 rings (SSSR count). The van der Waals surface area contributed by atoms with Gasteiger partial charge < -0.3 is 24.6 Å². The number of carbonyl (C=O) groups excluding carboxylic acids is 2. The molecule has 0 bridgehead atoms. The van der Waals surface area contributed by atoms with E-state index in [1.165, 1.54) is 14.2 Å². The molecule has 2 N–H and O–H groups in total. The van der Waals surface area contributed by atoms with Gasteiger partial charge in [-0.25, -0.2) is 9.59 Å². The van der Waals surface area contributed by atoms with Gasteiger partial charge in [0.1, 0.15) is 0 Å². The number of benzene rings is 2. The van der Waals surface area contributed by atoms with E-state index in [2.05, 4.69) is 16.3 Å². The van der Waals surface area contributed by atoms with Crippen LogP contribution < -0.4 is 5.32 Å². The van der Waals surface area contributed by atoms with Gasteiger partial charge in [-0.2, -0.15) is 0 Å². The summed E-state index contributed by atoms with van der Waals surface area (Å²) in [7, 11) is 2.42. The van der Waals surface area contributed by atoms with E-state index in [1.807, 2.05) is 18.2 Å². The van der Waals surface area contributed by atoms with Gasteiger partial charge in [0.25, 0.3) is 0 Å². The van der Waals surface area contributed by atoms with E-state index in [-0.39, 0.29) is 32.5 Å². The van der Waals surface area contributed by atoms with Gasteiger partial charge in [-0.3, -0.25) is 9.69 Å². The zero-order chi connectivity index (χ0) is 29.5. The first kappa shape index (κ1) is 30.6. The lowest BCUT2D eigenvalue weighted by Gasteiger charge is -2.33. The highest BCUT2D eigenvalue weighted by Gasteiger charge is 2.41. The second kappa shape index (κ2) is 14.0. The highest BCUT2D eigenvalue weighted by molar-refractivity contribution is 6.36. The number of ether oxygens (including phenoxy) is 3. The van der Waals surface area contributed by atoms with Crippen molar-refractivity contribution in [1.29, 1.82) is 0 Å². The summed E-state index contributed by atoms with van der Waals surface area (Å²) in [5.41, 5.74) is 3.06. The Hall–Kier alpha value is -3.37. The third kappa shape index (κ3) is 7.11. The van der Waals surface area contributed by atoms with Crippen molar-refractivity contribution >= 4 is 41.1 Å². The number of hydrogen-bond acceptors (Lipinski definition) is 8. The second-order valence-corrected chi connectivity index (χ2v) is 10.5. The fraction of sp³-hybridized carbons (Fsp3) is 0.367. The van der Waals surface area contributed by atoms with Crippen LogP contribution in [0.3, 0.4) is 0 Å². The Labute approximate surface area is 248 Å². The minimum Gasteiger partial charge on any atom is -0.481 e. The first-order valence-electron chi connectivity index (χ1n) is 13.2. The molecule has 2 aromatic carbocycles. The third-order valence-corrected chi connectivity index (χ3v) is 7.88. The molecule has 1 saturated heterocycles. The minimum atomic E-state index is -1.17. The monoisotopic (exact) mass is 602 g/mol. The molecule has 0 saturated carbocycles. The number of halogens is 2. The van der Waals surface area contributed by atoms with Gasteiger partial charge in [0.2, 0.25) is 0 Å². The maximum atomic E-state index is 13.4. The molecule has 1 fully saturated rings. The molecule has 1 unspecified atom stereocenters. The molecule has 0 spiro atoms. The number of carbonyl (C=O) groups is 3. The number of dihydropyridines is 1. The molecule has 1 atom stereocenters. The lowest BCUT2D eigenvalue weighted by molar-refractivity contribution is -0.137. The molecule has 9 nitrogen and oxygen atoms in total. The van der Waals surface area contributed by atoms with E-state index in [1.54, 1.807) is 18.2 Å². The lowest BCUT2D eigenvalue weighted by atomic mass is 9.78. The van der Waals surface area contributed by atoms with Crippen LogP contribution in [-0.2, 0) is 41.6 Å². The molecule has 218 valence electrons. The molecule has 2 heterocycles. The van der Waals surface area contributed by atoms with E-state index < -0.39 is 30.2 Å². The number of hydrogen-bond donors (Lipinski definition) is 2. The number of nitrogens with one attached hydrogen (secondary N) is 1. The predicted molar refractivity (Wildman–Crippen MR) is 154 cm³/mol. The van der Waals surface area contributed by atoms with Gasteiger partial charge in [0.15, 0.2) is 0 Å². The number of esters is 2. The van der Waals surface area contributed by atoms with Crippen LogP contribution >= 0.6 is 23.2 Å². The van der Waals surface area contributed by atoms with Gasteiger partial charge in [-0.15, -0.1) is 0 Å². The van der Waals surface area contributed by atoms with Gasteiger partial charge in [-0.1, -0.05) is 53.5 Å². The average Bonchev–Trinajstić information content (AvgIpc) is 2.96. The van der Waals surface area contributed by atoms with Crippen molar-refractivity contribution in [2.45, 2.75) is 31.7 Å². The minimum absolute atomic E-state index is 0.0678. The fourth-order valence-corrected chi connectivity index (χ4v) is 5.91. The van der Waals surface area contributed by atoms with Crippen molar-refractivity contribution in [3.05, 3.63) is 91.7 Å². The van der Waals surface area contributed by atoms with Crippen LogP contribution in [0.15, 0.2) is 65.0 Å². The molecule has 2 aliphatic rings. The van der Waals surface area contributed by atoms with Crippen LogP contribution in [0.5, 0.6) is 0 Å². The fourth-order valence-electron chi connectivity index (χ4n) is 5.29. The molecule has 11 heteroatoms. The molecule has 2 aromatic rings. The summed E-state index contributed by atoms with van der Waals surface area (Å²) in [6, 6.07) is 12.9. The maximum Gasteiger partial charge on any atom is 0.336 e. The number of aliphatic carboxylic acids is 1. The molecule has 0 aromatic heterocycles. The highest BCUT2D eigenvalue weighted by atomic mass is 35.5. The van der Waals surface area contributed by atoms with E-state index in [0.717, 1.165) is 30.8 Å². The summed E-state index contributed by atoms with van der Waals surface area (Å²) in [4.78, 5) is 40.8. The zero-order valence-corrected chi connectivity index (χ0v) is 24.4. The summed E-state index contributed by atoms with van der Waals surface area (Å²) in [5.74, 6) is -3.81. The van der Waals surface area contributed by atoms with Crippen molar-refractivity contribution < 1.29 is 33.7 Å². The average molecular weight is 603 g/mol. The van der Waals surface area contributed by atoms with Crippen molar-refractivity contribution in [1.82, 2.24) is 10.2 Å². The van der Waals surface area contributed by atoms with E-state index in [9.17, 15) is 19.5 Å². The van der Waals surface area contributed by atoms with Crippen molar-refractivity contribution in [3.63, 3.8) is 0 Å². The molecule has 0 amide bonds. The summed E-state index contributed by atoms with van der Waals surface area (Å²) >= 11 is 13.2.